The summed E-state index contributed by atoms with van der Waals surface area (Å²) in [4.78, 5) is 11.6. The summed E-state index contributed by atoms with van der Waals surface area (Å²) in [5.74, 6) is -1.50. The number of halogens is 4. The largest absolute Gasteiger partial charge is 0.416 e. The van der Waals surface area contributed by atoms with Crippen molar-refractivity contribution < 1.29 is 22.4 Å². The Morgan fingerprint density at radius 1 is 1.33 bits per heavy atom. The van der Waals surface area contributed by atoms with Crippen LogP contribution in [0.5, 0.6) is 0 Å². The maximum absolute atomic E-state index is 13.4. The van der Waals surface area contributed by atoms with Crippen molar-refractivity contribution in [3.63, 3.8) is 0 Å². The van der Waals surface area contributed by atoms with Crippen LogP contribution in [0.1, 0.15) is 5.56 Å². The number of nitrogens with zero attached hydrogens (tertiary/aromatic N) is 2. The Morgan fingerprint density at radius 3 is 2.62 bits per heavy atom. The first-order valence-electron chi connectivity index (χ1n) is 5.71. The van der Waals surface area contributed by atoms with Crippen LogP contribution in [-0.2, 0) is 17.5 Å². The lowest BCUT2D eigenvalue weighted by atomic mass is 10.2. The van der Waals surface area contributed by atoms with Crippen molar-refractivity contribution >= 4 is 17.4 Å². The number of nitrogens with one attached hydrogen (secondary N) is 1. The van der Waals surface area contributed by atoms with E-state index in [0.717, 1.165) is 0 Å². The van der Waals surface area contributed by atoms with E-state index in [9.17, 15) is 22.4 Å². The fourth-order valence-corrected chi connectivity index (χ4v) is 1.60. The smallest absolute Gasteiger partial charge is 0.382 e. The third-order valence-corrected chi connectivity index (χ3v) is 2.53. The Bertz CT molecular complexity index is 666. The lowest BCUT2D eigenvalue weighted by molar-refractivity contribution is -0.137. The number of anilines is 2. The van der Waals surface area contributed by atoms with Gasteiger partial charge in [-0.3, -0.25) is 9.48 Å². The second kappa shape index (κ2) is 5.43. The number of hydrogen-bond donors (Lipinski definition) is 2. The van der Waals surface area contributed by atoms with Gasteiger partial charge < -0.3 is 11.1 Å². The normalized spacial score (nSPS) is 11.4. The van der Waals surface area contributed by atoms with E-state index in [4.69, 9.17) is 5.73 Å². The summed E-state index contributed by atoms with van der Waals surface area (Å²) in [7, 11) is 0. The van der Waals surface area contributed by atoms with E-state index in [-0.39, 0.29) is 12.4 Å². The first-order chi connectivity index (χ1) is 9.75. The molecule has 1 aromatic heterocycles. The summed E-state index contributed by atoms with van der Waals surface area (Å²) in [5, 5.41) is 5.80. The Labute approximate surface area is 116 Å². The quantitative estimate of drug-likeness (QED) is 0.854. The molecule has 2 aromatic rings. The third kappa shape index (κ3) is 3.71. The van der Waals surface area contributed by atoms with Crippen LogP contribution in [0.4, 0.5) is 29.1 Å². The number of aromatic nitrogens is 2. The van der Waals surface area contributed by atoms with Crippen LogP contribution < -0.4 is 11.1 Å². The second-order valence-electron chi connectivity index (χ2n) is 4.18. The van der Waals surface area contributed by atoms with Gasteiger partial charge in [0.15, 0.2) is 0 Å². The van der Waals surface area contributed by atoms with E-state index in [0.29, 0.717) is 18.2 Å². The van der Waals surface area contributed by atoms with Gasteiger partial charge in [0.1, 0.15) is 18.2 Å². The van der Waals surface area contributed by atoms with Gasteiger partial charge in [0, 0.05) is 6.20 Å². The predicted octanol–water partition coefficient (Wildman–Crippen LogP) is 2.26. The number of hydrogen-bond acceptors (Lipinski definition) is 3. The van der Waals surface area contributed by atoms with Crippen molar-refractivity contribution in [2.45, 2.75) is 12.7 Å². The van der Waals surface area contributed by atoms with Crippen molar-refractivity contribution in [2.24, 2.45) is 0 Å². The van der Waals surface area contributed by atoms with Gasteiger partial charge in [0.25, 0.3) is 0 Å². The van der Waals surface area contributed by atoms with Crippen LogP contribution >= 0.6 is 0 Å². The second-order valence-corrected chi connectivity index (χ2v) is 4.18. The molecule has 1 amide bonds. The first kappa shape index (κ1) is 14.8. The van der Waals surface area contributed by atoms with Crippen LogP contribution in [0.15, 0.2) is 30.5 Å². The first-order valence-corrected chi connectivity index (χ1v) is 5.71. The number of benzene rings is 1. The fraction of sp³-hybridized carbons (Fsp3) is 0.167. The van der Waals surface area contributed by atoms with Crippen LogP contribution in [0.2, 0.25) is 0 Å². The molecule has 0 fully saturated rings. The number of rotatable bonds is 3. The predicted molar refractivity (Wildman–Crippen MR) is 66.7 cm³/mol. The molecule has 0 saturated heterocycles. The summed E-state index contributed by atoms with van der Waals surface area (Å²) >= 11 is 0. The van der Waals surface area contributed by atoms with Gasteiger partial charge in [0.05, 0.1) is 11.3 Å². The monoisotopic (exact) mass is 302 g/mol. The van der Waals surface area contributed by atoms with Crippen LogP contribution in [0.3, 0.4) is 0 Å². The molecule has 0 unspecified atom stereocenters. The average Bonchev–Trinajstić information content (AvgIpc) is 2.76. The van der Waals surface area contributed by atoms with Crippen LogP contribution in [0, 0.1) is 5.82 Å². The SMILES string of the molecule is Nc1ccn(CC(=O)Nc2cc(C(F)(F)F)ccc2F)n1. The lowest BCUT2D eigenvalue weighted by Crippen LogP contribution is -2.20. The van der Waals surface area contributed by atoms with Gasteiger partial charge in [-0.05, 0) is 24.3 Å². The van der Waals surface area contributed by atoms with E-state index in [1.807, 2.05) is 0 Å². The lowest BCUT2D eigenvalue weighted by Gasteiger charge is -2.11. The number of alkyl halides is 3. The van der Waals surface area contributed by atoms with Gasteiger partial charge in [0.2, 0.25) is 5.91 Å². The van der Waals surface area contributed by atoms with Gasteiger partial charge in [-0.25, -0.2) is 4.39 Å². The van der Waals surface area contributed by atoms with E-state index in [1.165, 1.54) is 16.9 Å². The van der Waals surface area contributed by atoms with Crippen molar-refractivity contribution in [3.8, 4) is 0 Å². The molecular weight excluding hydrogens is 292 g/mol. The van der Waals surface area contributed by atoms with Gasteiger partial charge in [-0.1, -0.05) is 0 Å². The van der Waals surface area contributed by atoms with Crippen molar-refractivity contribution in [1.29, 1.82) is 0 Å². The van der Waals surface area contributed by atoms with Crippen LogP contribution in [-0.4, -0.2) is 15.7 Å². The molecule has 5 nitrogen and oxygen atoms in total. The number of carbonyl (C=O) groups is 1. The molecule has 0 spiro atoms. The highest BCUT2D eigenvalue weighted by molar-refractivity contribution is 5.90. The fourth-order valence-electron chi connectivity index (χ4n) is 1.60. The minimum absolute atomic E-state index is 0.188. The molecule has 0 saturated carbocycles. The van der Waals surface area contributed by atoms with Gasteiger partial charge in [-0.15, -0.1) is 0 Å². The van der Waals surface area contributed by atoms with Crippen molar-refractivity contribution in [2.75, 3.05) is 11.1 Å². The molecule has 0 aliphatic rings. The number of nitrogens with two attached hydrogens (primary N) is 1. The topological polar surface area (TPSA) is 72.9 Å². The Balaban J connectivity index is 2.13. The van der Waals surface area contributed by atoms with E-state index in [1.54, 1.807) is 0 Å². The highest BCUT2D eigenvalue weighted by Gasteiger charge is 2.31. The summed E-state index contributed by atoms with van der Waals surface area (Å²) in [6.07, 6.45) is -3.21. The standard InChI is InChI=1S/C12H10F4N4O/c13-8-2-1-7(12(14,15)16)5-9(8)18-11(21)6-20-4-3-10(17)19-20/h1-5H,6H2,(H2,17,19)(H,18,21). The summed E-state index contributed by atoms with van der Waals surface area (Å²) in [6.45, 7) is -0.299. The molecule has 0 radical (unpaired) electrons. The van der Waals surface area contributed by atoms with Gasteiger partial charge >= 0.3 is 6.18 Å². The summed E-state index contributed by atoms with van der Waals surface area (Å²) in [5.41, 5.74) is 3.75. The Morgan fingerprint density at radius 2 is 2.05 bits per heavy atom. The number of nitrogen functional groups attached to an aromatic ring is 1. The zero-order valence-electron chi connectivity index (χ0n) is 10.5. The maximum Gasteiger partial charge on any atom is 0.416 e. The molecular formula is C12H10F4N4O. The maximum atomic E-state index is 13.4. The molecule has 0 atom stereocenters. The molecule has 2 rings (SSSR count). The van der Waals surface area contributed by atoms with Gasteiger partial charge in [-0.2, -0.15) is 18.3 Å². The minimum Gasteiger partial charge on any atom is -0.382 e. The van der Waals surface area contributed by atoms with Crippen molar-refractivity contribution in [1.82, 2.24) is 9.78 Å². The molecule has 9 heteroatoms. The zero-order valence-corrected chi connectivity index (χ0v) is 10.5. The molecule has 112 valence electrons. The number of amides is 1. The van der Waals surface area contributed by atoms with E-state index >= 15 is 0 Å². The molecule has 21 heavy (non-hydrogen) atoms. The Hall–Kier alpha value is -2.58. The summed E-state index contributed by atoms with van der Waals surface area (Å²) < 4.78 is 52.2. The number of carbonyl (C=O) groups excluding carboxylic acids is 1. The highest BCUT2D eigenvalue weighted by atomic mass is 19.4. The minimum atomic E-state index is -4.62. The van der Waals surface area contributed by atoms with Crippen LogP contribution in [0.25, 0.3) is 0 Å². The molecule has 0 bridgehead atoms. The molecule has 1 aromatic carbocycles. The molecule has 0 aliphatic heterocycles. The van der Waals surface area contributed by atoms with E-state index < -0.39 is 29.2 Å². The molecule has 0 aliphatic carbocycles. The summed E-state index contributed by atoms with van der Waals surface area (Å²) in [6, 6.07) is 3.21. The molecule has 1 heterocycles. The third-order valence-electron chi connectivity index (χ3n) is 2.53. The molecule has 3 N–H and O–H groups in total. The highest BCUT2D eigenvalue weighted by Crippen LogP contribution is 2.31. The van der Waals surface area contributed by atoms with Crippen molar-refractivity contribution in [3.05, 3.63) is 41.8 Å². The zero-order chi connectivity index (χ0) is 15.6. The average molecular weight is 302 g/mol. The Kier molecular flexibility index (Phi) is 3.83. The van der Waals surface area contributed by atoms with E-state index in [2.05, 4.69) is 10.4 Å².